The lowest BCUT2D eigenvalue weighted by molar-refractivity contribution is 0.293. The maximum atomic E-state index is 9.45. The van der Waals surface area contributed by atoms with Gasteiger partial charge in [0.05, 0.1) is 13.2 Å². The molecule has 0 saturated heterocycles. The number of nitrogens with zero attached hydrogens (tertiary/aromatic N) is 1. The predicted octanol–water partition coefficient (Wildman–Crippen LogP) is 1.19. The zero-order valence-electron chi connectivity index (χ0n) is 11.7. The molecule has 2 rings (SSSR count). The van der Waals surface area contributed by atoms with E-state index in [1.165, 1.54) is 0 Å². The number of hydrogen-bond donors (Lipinski definition) is 4. The van der Waals surface area contributed by atoms with E-state index in [0.717, 1.165) is 23.1 Å². The van der Waals surface area contributed by atoms with E-state index >= 15 is 0 Å². The molecule has 0 saturated carbocycles. The first-order valence-corrected chi connectivity index (χ1v) is 6.73. The van der Waals surface area contributed by atoms with Gasteiger partial charge in [0.2, 0.25) is 0 Å². The second-order valence-corrected chi connectivity index (χ2v) is 4.67. The third-order valence-corrected chi connectivity index (χ3v) is 2.99. The van der Waals surface area contributed by atoms with Crippen LogP contribution < -0.4 is 11.2 Å². The zero-order valence-corrected chi connectivity index (χ0v) is 11.7. The Bertz CT molecular complexity index is 609. The van der Waals surface area contributed by atoms with Crippen molar-refractivity contribution in [3.05, 3.63) is 65.2 Å². The number of phenols is 1. The first kappa shape index (κ1) is 14.9. The Kier molecular flexibility index (Phi) is 5.17. The molecule has 0 atom stereocenters. The van der Waals surface area contributed by atoms with Crippen LogP contribution >= 0.6 is 0 Å². The fourth-order valence-electron chi connectivity index (χ4n) is 1.95. The van der Waals surface area contributed by atoms with Crippen LogP contribution in [0.2, 0.25) is 0 Å². The molecular weight excluding hydrogens is 266 g/mol. The second-order valence-electron chi connectivity index (χ2n) is 4.67. The monoisotopic (exact) mass is 285 g/mol. The number of aromatic hydroxyl groups is 1. The Morgan fingerprint density at radius 1 is 1.10 bits per heavy atom. The number of phenolic OH excluding ortho intramolecular Hbond substituents is 1. The van der Waals surface area contributed by atoms with Crippen molar-refractivity contribution >= 4 is 5.84 Å². The molecule has 0 aliphatic heterocycles. The first-order valence-electron chi connectivity index (χ1n) is 6.73. The van der Waals surface area contributed by atoms with Crippen molar-refractivity contribution in [3.8, 4) is 5.75 Å². The maximum Gasteiger partial charge on any atom is 0.150 e. The largest absolute Gasteiger partial charge is 0.508 e. The molecule has 5 nitrogen and oxygen atoms in total. The molecule has 5 heteroatoms. The summed E-state index contributed by atoms with van der Waals surface area (Å²) in [4.78, 5) is 0. The van der Waals surface area contributed by atoms with Crippen molar-refractivity contribution < 1.29 is 10.2 Å². The van der Waals surface area contributed by atoms with Crippen LogP contribution in [0, 0.1) is 0 Å². The average Bonchev–Trinajstić information content (AvgIpc) is 2.48. The van der Waals surface area contributed by atoms with Crippen molar-refractivity contribution in [1.82, 2.24) is 5.43 Å². The van der Waals surface area contributed by atoms with Crippen LogP contribution in [-0.2, 0) is 6.42 Å². The lowest BCUT2D eigenvalue weighted by Gasteiger charge is -2.05. The molecule has 0 heterocycles. The molecule has 0 radical (unpaired) electrons. The molecule has 110 valence electrons. The molecule has 2 aromatic carbocycles. The number of amidine groups is 1. The van der Waals surface area contributed by atoms with Gasteiger partial charge in [0.15, 0.2) is 5.84 Å². The van der Waals surface area contributed by atoms with E-state index in [4.69, 9.17) is 10.8 Å². The first-order chi connectivity index (χ1) is 10.2. The summed E-state index contributed by atoms with van der Waals surface area (Å²) in [5, 5.41) is 22.1. The SMILES string of the molecule is N/C(=N\NCCO)c1ccc(Cc2cccc(O)c2)cc1. The molecule has 0 fully saturated rings. The second kappa shape index (κ2) is 7.31. The van der Waals surface area contributed by atoms with Gasteiger partial charge in [-0.25, -0.2) is 0 Å². The number of nitrogens with two attached hydrogens (primary N) is 1. The van der Waals surface area contributed by atoms with Crippen LogP contribution in [0.1, 0.15) is 16.7 Å². The average molecular weight is 285 g/mol. The van der Waals surface area contributed by atoms with Gasteiger partial charge < -0.3 is 21.4 Å². The Hall–Kier alpha value is -2.53. The number of nitrogens with one attached hydrogen (secondary N) is 1. The van der Waals surface area contributed by atoms with Crippen LogP contribution in [-0.4, -0.2) is 29.2 Å². The standard InChI is InChI=1S/C16H19N3O2/c17-16(19-18-8-9-20)14-6-4-12(5-7-14)10-13-2-1-3-15(21)11-13/h1-7,11,18,20-21H,8-10H2,(H2,17,19). The zero-order chi connectivity index (χ0) is 15.1. The molecule has 0 unspecified atom stereocenters. The van der Waals surface area contributed by atoms with Crippen LogP contribution in [0.5, 0.6) is 5.75 Å². The van der Waals surface area contributed by atoms with E-state index in [1.807, 2.05) is 36.4 Å². The molecule has 0 amide bonds. The van der Waals surface area contributed by atoms with Gasteiger partial charge >= 0.3 is 0 Å². The van der Waals surface area contributed by atoms with E-state index < -0.39 is 0 Å². The molecule has 0 aliphatic carbocycles. The van der Waals surface area contributed by atoms with Crippen LogP contribution in [0.3, 0.4) is 0 Å². The highest BCUT2D eigenvalue weighted by molar-refractivity contribution is 5.97. The van der Waals surface area contributed by atoms with Gasteiger partial charge in [0.25, 0.3) is 0 Å². The molecular formula is C16H19N3O2. The van der Waals surface area contributed by atoms with E-state index in [-0.39, 0.29) is 12.4 Å². The van der Waals surface area contributed by atoms with Crippen molar-refractivity contribution in [3.63, 3.8) is 0 Å². The summed E-state index contributed by atoms with van der Waals surface area (Å²) in [7, 11) is 0. The normalized spacial score (nSPS) is 11.4. The number of benzene rings is 2. The smallest absolute Gasteiger partial charge is 0.150 e. The van der Waals surface area contributed by atoms with Gasteiger partial charge in [-0.15, -0.1) is 0 Å². The minimum absolute atomic E-state index is 0.0135. The van der Waals surface area contributed by atoms with Crippen molar-refractivity contribution in [2.24, 2.45) is 10.8 Å². The molecule has 2 aromatic rings. The van der Waals surface area contributed by atoms with Crippen molar-refractivity contribution in [2.75, 3.05) is 13.2 Å². The minimum atomic E-state index is 0.0135. The number of aliphatic hydroxyl groups is 1. The number of hydrazone groups is 1. The maximum absolute atomic E-state index is 9.45. The van der Waals surface area contributed by atoms with E-state index in [0.29, 0.717) is 12.4 Å². The molecule has 0 aromatic heterocycles. The summed E-state index contributed by atoms with van der Waals surface area (Å²) in [5.74, 6) is 0.655. The van der Waals surface area contributed by atoms with Crippen LogP contribution in [0.25, 0.3) is 0 Å². The van der Waals surface area contributed by atoms with Crippen molar-refractivity contribution in [2.45, 2.75) is 6.42 Å². The predicted molar refractivity (Wildman–Crippen MR) is 83.2 cm³/mol. The van der Waals surface area contributed by atoms with Crippen LogP contribution in [0.15, 0.2) is 53.6 Å². The molecule has 0 bridgehead atoms. The summed E-state index contributed by atoms with van der Waals surface area (Å²) in [6.45, 7) is 0.385. The summed E-state index contributed by atoms with van der Waals surface area (Å²) in [5.41, 5.74) is 11.5. The van der Waals surface area contributed by atoms with Gasteiger partial charge in [0.1, 0.15) is 5.75 Å². The summed E-state index contributed by atoms with van der Waals surface area (Å²) >= 11 is 0. The molecule has 0 aliphatic rings. The van der Waals surface area contributed by atoms with Gasteiger partial charge in [-0.2, -0.15) is 5.10 Å². The van der Waals surface area contributed by atoms with E-state index in [1.54, 1.807) is 12.1 Å². The fourth-order valence-corrected chi connectivity index (χ4v) is 1.95. The quantitative estimate of drug-likeness (QED) is 0.278. The van der Waals surface area contributed by atoms with Crippen LogP contribution in [0.4, 0.5) is 0 Å². The Balaban J connectivity index is 2.03. The highest BCUT2D eigenvalue weighted by Crippen LogP contribution is 2.15. The Morgan fingerprint density at radius 3 is 2.52 bits per heavy atom. The molecule has 21 heavy (non-hydrogen) atoms. The summed E-state index contributed by atoms with van der Waals surface area (Å²) < 4.78 is 0. The fraction of sp³-hybridized carbons (Fsp3) is 0.188. The topological polar surface area (TPSA) is 90.9 Å². The third-order valence-electron chi connectivity index (χ3n) is 2.99. The van der Waals surface area contributed by atoms with E-state index in [2.05, 4.69) is 10.5 Å². The Morgan fingerprint density at radius 2 is 1.86 bits per heavy atom. The minimum Gasteiger partial charge on any atom is -0.508 e. The van der Waals surface area contributed by atoms with Gasteiger partial charge in [-0.3, -0.25) is 0 Å². The number of rotatable bonds is 6. The summed E-state index contributed by atoms with van der Waals surface area (Å²) in [6, 6.07) is 15.0. The highest BCUT2D eigenvalue weighted by Gasteiger charge is 2.01. The molecule has 0 spiro atoms. The van der Waals surface area contributed by atoms with Crippen molar-refractivity contribution in [1.29, 1.82) is 0 Å². The van der Waals surface area contributed by atoms with Gasteiger partial charge in [0, 0.05) is 5.56 Å². The van der Waals surface area contributed by atoms with E-state index in [9.17, 15) is 5.11 Å². The number of aliphatic hydroxyl groups excluding tert-OH is 1. The summed E-state index contributed by atoms with van der Waals surface area (Å²) in [6.07, 6.45) is 0.745. The lowest BCUT2D eigenvalue weighted by Crippen LogP contribution is -2.20. The Labute approximate surface area is 123 Å². The van der Waals surface area contributed by atoms with Gasteiger partial charge in [-0.1, -0.05) is 36.4 Å². The highest BCUT2D eigenvalue weighted by atomic mass is 16.3. The number of hydrogen-bond acceptors (Lipinski definition) is 4. The third kappa shape index (κ3) is 4.50. The van der Waals surface area contributed by atoms with Gasteiger partial charge in [-0.05, 0) is 29.7 Å². The molecule has 5 N–H and O–H groups in total. The lowest BCUT2D eigenvalue weighted by atomic mass is 10.0.